The number of halogens is 1. The van der Waals surface area contributed by atoms with Crippen LogP contribution in [0.15, 0.2) is 18.2 Å². The Bertz CT molecular complexity index is 449. The molecule has 0 radical (unpaired) electrons. The van der Waals surface area contributed by atoms with Gasteiger partial charge in [-0.3, -0.25) is 0 Å². The third kappa shape index (κ3) is 4.70. The summed E-state index contributed by atoms with van der Waals surface area (Å²) in [7, 11) is 0. The van der Waals surface area contributed by atoms with Gasteiger partial charge in [-0.15, -0.1) is 0 Å². The molecule has 3 heteroatoms. The lowest BCUT2D eigenvalue weighted by molar-refractivity contribution is 0.0968. The maximum atomic E-state index is 14.1. The highest BCUT2D eigenvalue weighted by Crippen LogP contribution is 2.32. The molecule has 0 spiro atoms. The Balaban J connectivity index is 1.91. The van der Waals surface area contributed by atoms with E-state index < -0.39 is 0 Å². The van der Waals surface area contributed by atoms with E-state index in [0.29, 0.717) is 18.2 Å². The smallest absolute Gasteiger partial charge is 0.165 e. The lowest BCUT2D eigenvalue weighted by Gasteiger charge is -2.32. The highest BCUT2D eigenvalue weighted by Gasteiger charge is 2.26. The second kappa shape index (κ2) is 7.79. The van der Waals surface area contributed by atoms with E-state index in [-0.39, 0.29) is 11.9 Å². The molecule has 1 aromatic rings. The van der Waals surface area contributed by atoms with Crippen molar-refractivity contribution >= 4 is 0 Å². The largest absolute Gasteiger partial charge is 0.487 e. The van der Waals surface area contributed by atoms with Gasteiger partial charge >= 0.3 is 0 Å². The Morgan fingerprint density at radius 2 is 2.05 bits per heavy atom. The lowest BCUT2D eigenvalue weighted by Crippen LogP contribution is -2.29. The van der Waals surface area contributed by atoms with Crippen LogP contribution >= 0.6 is 0 Å². The summed E-state index contributed by atoms with van der Waals surface area (Å²) in [6.45, 7) is 8.34. The Morgan fingerprint density at radius 3 is 2.71 bits per heavy atom. The van der Waals surface area contributed by atoms with Crippen molar-refractivity contribution in [1.82, 2.24) is 5.32 Å². The fourth-order valence-corrected chi connectivity index (χ4v) is 2.94. The molecule has 0 aliphatic heterocycles. The predicted octanol–water partition coefficient (Wildman–Crippen LogP) is 4.53. The summed E-state index contributed by atoms with van der Waals surface area (Å²) >= 11 is 0. The number of hydrogen-bond acceptors (Lipinski definition) is 2. The fourth-order valence-electron chi connectivity index (χ4n) is 2.94. The third-order valence-electron chi connectivity index (χ3n) is 4.60. The molecule has 0 bridgehead atoms. The summed E-state index contributed by atoms with van der Waals surface area (Å²) in [6, 6.07) is 5.32. The normalized spacial score (nSPS) is 25.8. The topological polar surface area (TPSA) is 21.3 Å². The summed E-state index contributed by atoms with van der Waals surface area (Å²) in [5, 5.41) is 3.28. The highest BCUT2D eigenvalue weighted by atomic mass is 19.1. The predicted molar refractivity (Wildman–Crippen MR) is 85.0 cm³/mol. The molecular weight excluding hydrogens is 265 g/mol. The third-order valence-corrected chi connectivity index (χ3v) is 4.60. The van der Waals surface area contributed by atoms with Gasteiger partial charge in [-0.25, -0.2) is 4.39 Å². The number of benzene rings is 1. The molecule has 0 saturated heterocycles. The van der Waals surface area contributed by atoms with Crippen LogP contribution in [0, 0.1) is 17.7 Å². The van der Waals surface area contributed by atoms with E-state index in [1.165, 1.54) is 6.42 Å². The zero-order chi connectivity index (χ0) is 15.2. The second-order valence-electron chi connectivity index (χ2n) is 6.45. The van der Waals surface area contributed by atoms with E-state index in [9.17, 15) is 4.39 Å². The van der Waals surface area contributed by atoms with Crippen LogP contribution in [0.25, 0.3) is 0 Å². The minimum atomic E-state index is -0.239. The summed E-state index contributed by atoms with van der Waals surface area (Å²) in [5.41, 5.74) is 0.971. The SMILES string of the molecule is CCCNCc1ccc(OC2CCC(C)C(C)C2)c(F)c1. The minimum Gasteiger partial charge on any atom is -0.487 e. The summed E-state index contributed by atoms with van der Waals surface area (Å²) < 4.78 is 20.0. The molecule has 118 valence electrons. The first-order chi connectivity index (χ1) is 10.1. The molecule has 1 N–H and O–H groups in total. The minimum absolute atomic E-state index is 0.162. The Labute approximate surface area is 128 Å². The van der Waals surface area contributed by atoms with Crippen molar-refractivity contribution in [3.63, 3.8) is 0 Å². The van der Waals surface area contributed by atoms with Crippen molar-refractivity contribution in [3.8, 4) is 5.75 Å². The maximum absolute atomic E-state index is 14.1. The van der Waals surface area contributed by atoms with Gasteiger partial charge in [-0.1, -0.05) is 26.8 Å². The van der Waals surface area contributed by atoms with Gasteiger partial charge in [0.05, 0.1) is 6.10 Å². The van der Waals surface area contributed by atoms with Crippen molar-refractivity contribution in [2.45, 2.75) is 59.1 Å². The molecule has 1 fully saturated rings. The van der Waals surface area contributed by atoms with Crippen LogP contribution in [0.5, 0.6) is 5.75 Å². The van der Waals surface area contributed by atoms with Crippen LogP contribution < -0.4 is 10.1 Å². The van der Waals surface area contributed by atoms with Gasteiger partial charge in [0.25, 0.3) is 0 Å². The van der Waals surface area contributed by atoms with Crippen LogP contribution in [0.3, 0.4) is 0 Å². The molecular formula is C18H28FNO. The average Bonchev–Trinajstić information content (AvgIpc) is 2.46. The molecule has 3 atom stereocenters. The van der Waals surface area contributed by atoms with Gasteiger partial charge < -0.3 is 10.1 Å². The van der Waals surface area contributed by atoms with E-state index in [2.05, 4.69) is 26.1 Å². The Hall–Kier alpha value is -1.09. The van der Waals surface area contributed by atoms with Gasteiger partial charge in [-0.2, -0.15) is 0 Å². The standard InChI is InChI=1S/C18H28FNO/c1-4-9-20-12-15-6-8-18(17(19)11-15)21-16-7-5-13(2)14(3)10-16/h6,8,11,13-14,16,20H,4-5,7,9-10,12H2,1-3H3. The lowest BCUT2D eigenvalue weighted by atomic mass is 9.80. The fraction of sp³-hybridized carbons (Fsp3) is 0.667. The molecule has 2 rings (SSSR count). The summed E-state index contributed by atoms with van der Waals surface area (Å²) in [6.07, 6.45) is 4.48. The first kappa shape index (κ1) is 16.3. The quantitative estimate of drug-likeness (QED) is 0.778. The van der Waals surface area contributed by atoms with Crippen molar-refractivity contribution in [2.24, 2.45) is 11.8 Å². The first-order valence-electron chi connectivity index (χ1n) is 8.26. The van der Waals surface area contributed by atoms with Crippen molar-refractivity contribution in [1.29, 1.82) is 0 Å². The van der Waals surface area contributed by atoms with Gasteiger partial charge in [0.2, 0.25) is 0 Å². The molecule has 0 aromatic heterocycles. The zero-order valence-electron chi connectivity index (χ0n) is 13.5. The van der Waals surface area contributed by atoms with Crippen molar-refractivity contribution in [3.05, 3.63) is 29.6 Å². The molecule has 2 nitrogen and oxygen atoms in total. The first-order valence-corrected chi connectivity index (χ1v) is 8.26. The van der Waals surface area contributed by atoms with E-state index in [4.69, 9.17) is 4.74 Å². The van der Waals surface area contributed by atoms with Gasteiger partial charge in [0, 0.05) is 6.54 Å². The van der Waals surface area contributed by atoms with Crippen LogP contribution in [0.4, 0.5) is 4.39 Å². The van der Waals surface area contributed by atoms with Crippen LogP contribution in [-0.4, -0.2) is 12.6 Å². The molecule has 21 heavy (non-hydrogen) atoms. The second-order valence-corrected chi connectivity index (χ2v) is 6.45. The van der Waals surface area contributed by atoms with Crippen LogP contribution in [0.2, 0.25) is 0 Å². The molecule has 1 aromatic carbocycles. The van der Waals surface area contributed by atoms with E-state index in [0.717, 1.165) is 37.3 Å². The van der Waals surface area contributed by atoms with E-state index >= 15 is 0 Å². The zero-order valence-corrected chi connectivity index (χ0v) is 13.5. The summed E-state index contributed by atoms with van der Waals surface area (Å²) in [5.74, 6) is 1.57. The maximum Gasteiger partial charge on any atom is 0.165 e. The van der Waals surface area contributed by atoms with E-state index in [1.54, 1.807) is 12.1 Å². The molecule has 0 heterocycles. The van der Waals surface area contributed by atoms with E-state index in [1.807, 2.05) is 6.07 Å². The number of hydrogen-bond donors (Lipinski definition) is 1. The Morgan fingerprint density at radius 1 is 1.24 bits per heavy atom. The molecule has 1 saturated carbocycles. The van der Waals surface area contributed by atoms with Gasteiger partial charge in [-0.05, 0) is 61.8 Å². The highest BCUT2D eigenvalue weighted by molar-refractivity contribution is 5.29. The van der Waals surface area contributed by atoms with Crippen molar-refractivity contribution in [2.75, 3.05) is 6.54 Å². The number of nitrogens with one attached hydrogen (secondary N) is 1. The molecule has 1 aliphatic carbocycles. The van der Waals surface area contributed by atoms with Crippen LogP contribution in [0.1, 0.15) is 52.0 Å². The average molecular weight is 293 g/mol. The molecule has 0 amide bonds. The monoisotopic (exact) mass is 293 g/mol. The summed E-state index contributed by atoms with van der Waals surface area (Å²) in [4.78, 5) is 0. The molecule has 1 aliphatic rings. The van der Waals surface area contributed by atoms with Gasteiger partial charge in [0.15, 0.2) is 11.6 Å². The number of ether oxygens (including phenoxy) is 1. The Kier molecular flexibility index (Phi) is 6.04. The molecule has 3 unspecified atom stereocenters. The van der Waals surface area contributed by atoms with Gasteiger partial charge in [0.1, 0.15) is 0 Å². The van der Waals surface area contributed by atoms with Crippen LogP contribution in [-0.2, 0) is 6.54 Å². The number of rotatable bonds is 6. The van der Waals surface area contributed by atoms with Crippen molar-refractivity contribution < 1.29 is 9.13 Å².